The minimum absolute atomic E-state index is 0.0204. The van der Waals surface area contributed by atoms with E-state index in [0.717, 1.165) is 28.0 Å². The summed E-state index contributed by atoms with van der Waals surface area (Å²) in [6, 6.07) is 25.2. The standard InChI is InChI=1S/C39H46O5/c1-8-16-31(9-2)28(5)34-23-36(29(6)32-17-12-10-13-18-32)38(37(24-34)30(7)33-19-14-11-15-20-33)44-26-35(40)25-42-21-22-43-39(41)27(3)4/h8-20,23-24,28-30,35,40H,1-3,21-22,25-26H2,4-7H3/b31-16+. The molecule has 0 fully saturated rings. The Hall–Kier alpha value is -4.19. The van der Waals surface area contributed by atoms with Crippen LogP contribution in [-0.4, -0.2) is 43.6 Å². The fraction of sp³-hybridized carbons (Fsp3) is 0.308. The zero-order valence-corrected chi connectivity index (χ0v) is 26.5. The Labute approximate surface area is 263 Å². The van der Waals surface area contributed by atoms with E-state index in [1.807, 2.05) is 48.6 Å². The summed E-state index contributed by atoms with van der Waals surface area (Å²) in [5.74, 6) is 0.409. The Morgan fingerprint density at radius 1 is 0.841 bits per heavy atom. The number of carbonyl (C=O) groups excluding carboxylic acids is 1. The summed E-state index contributed by atoms with van der Waals surface area (Å²) in [6.07, 6.45) is 4.79. The van der Waals surface area contributed by atoms with Crippen LogP contribution in [-0.2, 0) is 14.3 Å². The summed E-state index contributed by atoms with van der Waals surface area (Å²) in [6.45, 7) is 20.0. The molecule has 5 heteroatoms. The molecule has 44 heavy (non-hydrogen) atoms. The van der Waals surface area contributed by atoms with Crippen molar-refractivity contribution in [3.8, 4) is 5.75 Å². The van der Waals surface area contributed by atoms with Crippen molar-refractivity contribution in [2.75, 3.05) is 26.4 Å². The van der Waals surface area contributed by atoms with Gasteiger partial charge >= 0.3 is 5.97 Å². The van der Waals surface area contributed by atoms with E-state index < -0.39 is 12.1 Å². The molecule has 4 atom stereocenters. The van der Waals surface area contributed by atoms with Crippen LogP contribution in [0.2, 0.25) is 0 Å². The SMILES string of the molecule is C=C/C=C(\C=C)C(C)c1cc(C(C)c2ccccc2)c(OCC(O)COCCOC(=O)C(=C)C)c(C(C)c2ccccc2)c1. The first-order chi connectivity index (χ1) is 21.2. The molecule has 0 amide bonds. The summed E-state index contributed by atoms with van der Waals surface area (Å²) < 4.78 is 17.2. The first-order valence-corrected chi connectivity index (χ1v) is 15.1. The Morgan fingerprint density at radius 2 is 1.39 bits per heavy atom. The Bertz CT molecular complexity index is 1360. The minimum Gasteiger partial charge on any atom is -0.490 e. The van der Waals surface area contributed by atoms with Gasteiger partial charge in [-0.3, -0.25) is 0 Å². The molecule has 0 aliphatic rings. The van der Waals surface area contributed by atoms with Gasteiger partial charge in [0.2, 0.25) is 0 Å². The highest BCUT2D eigenvalue weighted by atomic mass is 16.6. The molecule has 3 aromatic carbocycles. The quantitative estimate of drug-likeness (QED) is 0.0738. The number of ether oxygens (including phenoxy) is 3. The topological polar surface area (TPSA) is 65.0 Å². The second kappa shape index (κ2) is 17.2. The van der Waals surface area contributed by atoms with Crippen LogP contribution in [0.15, 0.2) is 122 Å². The highest BCUT2D eigenvalue weighted by Gasteiger charge is 2.25. The average Bonchev–Trinajstić information content (AvgIpc) is 3.05. The lowest BCUT2D eigenvalue weighted by atomic mass is 9.81. The number of hydrogen-bond donors (Lipinski definition) is 1. The third kappa shape index (κ3) is 9.40. The largest absolute Gasteiger partial charge is 0.490 e. The van der Waals surface area contributed by atoms with Crippen molar-refractivity contribution in [3.63, 3.8) is 0 Å². The van der Waals surface area contributed by atoms with E-state index in [2.05, 4.69) is 76.9 Å². The van der Waals surface area contributed by atoms with Crippen LogP contribution < -0.4 is 4.74 Å². The average molecular weight is 595 g/mol. The van der Waals surface area contributed by atoms with Gasteiger partial charge in [0, 0.05) is 34.5 Å². The number of allylic oxidation sites excluding steroid dienone is 4. The molecule has 4 unspecified atom stereocenters. The third-order valence-electron chi connectivity index (χ3n) is 7.79. The summed E-state index contributed by atoms with van der Waals surface area (Å²) >= 11 is 0. The molecule has 3 aromatic rings. The molecule has 0 saturated heterocycles. The molecule has 5 nitrogen and oxygen atoms in total. The van der Waals surface area contributed by atoms with E-state index in [4.69, 9.17) is 14.2 Å². The van der Waals surface area contributed by atoms with Crippen LogP contribution in [0.25, 0.3) is 0 Å². The fourth-order valence-electron chi connectivity index (χ4n) is 5.08. The normalized spacial score (nSPS) is 14.2. The van der Waals surface area contributed by atoms with Crippen LogP contribution >= 0.6 is 0 Å². The summed E-state index contributed by atoms with van der Waals surface area (Å²) in [7, 11) is 0. The molecule has 3 rings (SSSR count). The fourth-order valence-corrected chi connectivity index (χ4v) is 5.08. The summed E-state index contributed by atoms with van der Waals surface area (Å²) in [4.78, 5) is 11.6. The van der Waals surface area contributed by atoms with Crippen LogP contribution in [0.3, 0.4) is 0 Å². The molecular weight excluding hydrogens is 548 g/mol. The molecule has 0 aliphatic heterocycles. The molecular formula is C39H46O5. The zero-order valence-electron chi connectivity index (χ0n) is 26.5. The molecule has 0 bridgehead atoms. The van der Waals surface area contributed by atoms with E-state index >= 15 is 0 Å². The first-order valence-electron chi connectivity index (χ1n) is 15.1. The van der Waals surface area contributed by atoms with Crippen molar-refractivity contribution < 1.29 is 24.1 Å². The van der Waals surface area contributed by atoms with Gasteiger partial charge in [0.25, 0.3) is 0 Å². The Morgan fingerprint density at radius 3 is 1.86 bits per heavy atom. The van der Waals surface area contributed by atoms with Crippen LogP contribution in [0, 0.1) is 0 Å². The first kappa shape index (κ1) is 34.3. The van der Waals surface area contributed by atoms with Crippen molar-refractivity contribution in [1.82, 2.24) is 0 Å². The number of hydrogen-bond acceptors (Lipinski definition) is 5. The molecule has 0 heterocycles. The van der Waals surface area contributed by atoms with E-state index in [0.29, 0.717) is 5.57 Å². The van der Waals surface area contributed by atoms with E-state index in [1.165, 1.54) is 11.1 Å². The molecule has 0 aliphatic carbocycles. The van der Waals surface area contributed by atoms with E-state index in [1.54, 1.807) is 13.0 Å². The zero-order chi connectivity index (χ0) is 32.1. The summed E-state index contributed by atoms with van der Waals surface area (Å²) in [5.41, 5.74) is 6.97. The van der Waals surface area contributed by atoms with Crippen LogP contribution in [0.1, 0.15) is 73.3 Å². The second-order valence-corrected chi connectivity index (χ2v) is 11.1. The predicted octanol–water partition coefficient (Wildman–Crippen LogP) is 8.27. The number of aliphatic hydroxyl groups is 1. The smallest absolute Gasteiger partial charge is 0.333 e. The van der Waals surface area contributed by atoms with Gasteiger partial charge in [-0.15, -0.1) is 0 Å². The Kier molecular flexibility index (Phi) is 13.4. The van der Waals surface area contributed by atoms with Gasteiger partial charge in [-0.2, -0.15) is 0 Å². The lowest BCUT2D eigenvalue weighted by molar-refractivity contribution is -0.140. The Balaban J connectivity index is 2.00. The minimum atomic E-state index is -0.881. The van der Waals surface area contributed by atoms with Gasteiger partial charge in [-0.1, -0.05) is 132 Å². The monoisotopic (exact) mass is 594 g/mol. The van der Waals surface area contributed by atoms with Gasteiger partial charge in [0.1, 0.15) is 25.1 Å². The van der Waals surface area contributed by atoms with Gasteiger partial charge in [-0.05, 0) is 29.2 Å². The maximum atomic E-state index is 11.6. The van der Waals surface area contributed by atoms with Gasteiger partial charge < -0.3 is 19.3 Å². The molecule has 232 valence electrons. The second-order valence-electron chi connectivity index (χ2n) is 11.1. The maximum absolute atomic E-state index is 11.6. The van der Waals surface area contributed by atoms with Crippen LogP contribution in [0.5, 0.6) is 5.75 Å². The highest BCUT2D eigenvalue weighted by molar-refractivity contribution is 5.86. The third-order valence-corrected chi connectivity index (χ3v) is 7.79. The highest BCUT2D eigenvalue weighted by Crippen LogP contribution is 2.43. The maximum Gasteiger partial charge on any atom is 0.333 e. The van der Waals surface area contributed by atoms with Crippen LogP contribution in [0.4, 0.5) is 0 Å². The lowest BCUT2D eigenvalue weighted by Gasteiger charge is -2.27. The molecule has 0 spiro atoms. The van der Waals surface area contributed by atoms with E-state index in [-0.39, 0.29) is 44.2 Å². The number of rotatable bonds is 17. The molecule has 0 aromatic heterocycles. The number of aliphatic hydroxyl groups excluding tert-OH is 1. The predicted molar refractivity (Wildman–Crippen MR) is 179 cm³/mol. The number of carbonyl (C=O) groups is 1. The number of esters is 1. The van der Waals surface area contributed by atoms with Crippen molar-refractivity contribution in [1.29, 1.82) is 0 Å². The van der Waals surface area contributed by atoms with Gasteiger partial charge in [0.05, 0.1) is 13.2 Å². The molecule has 0 radical (unpaired) electrons. The lowest BCUT2D eigenvalue weighted by Crippen LogP contribution is -2.25. The van der Waals surface area contributed by atoms with Crippen molar-refractivity contribution in [3.05, 3.63) is 150 Å². The van der Waals surface area contributed by atoms with Crippen molar-refractivity contribution in [2.24, 2.45) is 0 Å². The number of benzene rings is 3. The molecule has 0 saturated carbocycles. The van der Waals surface area contributed by atoms with Gasteiger partial charge in [0.15, 0.2) is 0 Å². The summed E-state index contributed by atoms with van der Waals surface area (Å²) in [5, 5.41) is 10.8. The van der Waals surface area contributed by atoms with Crippen molar-refractivity contribution >= 4 is 5.97 Å². The van der Waals surface area contributed by atoms with Gasteiger partial charge in [-0.25, -0.2) is 4.79 Å². The molecule has 1 N–H and O–H groups in total. The van der Waals surface area contributed by atoms with Crippen molar-refractivity contribution in [2.45, 2.75) is 51.6 Å². The van der Waals surface area contributed by atoms with E-state index in [9.17, 15) is 9.90 Å².